The number of imidazole rings is 1. The molecule has 3 rings (SSSR count). The molecule has 1 N–H and O–H groups in total. The molecular formula is C16H20N2O2S. The first-order chi connectivity index (χ1) is 9.88. The highest BCUT2D eigenvalue weighted by Crippen LogP contribution is 2.53. The summed E-state index contributed by atoms with van der Waals surface area (Å²) < 4.78 is 2.22. The SMILES string of the molecule is Cc1cccc2nc(SCC(=O)O)n(CC3CC3(C)C)c12. The number of benzene rings is 1. The highest BCUT2D eigenvalue weighted by atomic mass is 32.2. The summed E-state index contributed by atoms with van der Waals surface area (Å²) in [5.41, 5.74) is 3.70. The van der Waals surface area contributed by atoms with Gasteiger partial charge in [-0.15, -0.1) is 0 Å². The first-order valence-corrected chi connectivity index (χ1v) is 8.17. The minimum atomic E-state index is -0.804. The third kappa shape index (κ3) is 2.79. The summed E-state index contributed by atoms with van der Waals surface area (Å²) in [6, 6.07) is 6.09. The van der Waals surface area contributed by atoms with Crippen LogP contribution in [0.25, 0.3) is 11.0 Å². The Hall–Kier alpha value is -1.49. The molecule has 0 amide bonds. The van der Waals surface area contributed by atoms with Gasteiger partial charge in [-0.05, 0) is 36.3 Å². The number of carbonyl (C=O) groups is 1. The Morgan fingerprint density at radius 3 is 2.86 bits per heavy atom. The number of fused-ring (bicyclic) bond motifs is 1. The smallest absolute Gasteiger partial charge is 0.313 e. The number of hydrogen-bond acceptors (Lipinski definition) is 3. The Morgan fingerprint density at radius 1 is 1.52 bits per heavy atom. The predicted molar refractivity (Wildman–Crippen MR) is 84.7 cm³/mol. The van der Waals surface area contributed by atoms with Crippen molar-refractivity contribution in [2.45, 2.75) is 38.9 Å². The molecule has 1 saturated carbocycles. The van der Waals surface area contributed by atoms with Crippen molar-refractivity contribution in [2.75, 3.05) is 5.75 Å². The summed E-state index contributed by atoms with van der Waals surface area (Å²) in [6.45, 7) is 7.59. The van der Waals surface area contributed by atoms with Crippen LogP contribution in [0.3, 0.4) is 0 Å². The molecule has 0 bridgehead atoms. The Bertz CT molecular complexity index is 706. The van der Waals surface area contributed by atoms with Gasteiger partial charge in [0.05, 0.1) is 16.8 Å². The lowest BCUT2D eigenvalue weighted by Gasteiger charge is -2.11. The number of rotatable bonds is 5. The molecule has 5 heteroatoms. The standard InChI is InChI=1S/C16H20N2O2S/c1-10-5-4-6-12-14(10)18(8-11-7-16(11,2)3)15(17-12)21-9-13(19)20/h4-6,11H,7-9H2,1-3H3,(H,19,20). The van der Waals surface area contributed by atoms with Gasteiger partial charge in [0, 0.05) is 6.54 Å². The van der Waals surface area contributed by atoms with E-state index in [0.29, 0.717) is 11.3 Å². The molecule has 0 radical (unpaired) electrons. The normalized spacial score (nSPS) is 19.9. The van der Waals surface area contributed by atoms with Crippen LogP contribution in [0.5, 0.6) is 0 Å². The molecule has 1 unspecified atom stereocenters. The zero-order chi connectivity index (χ0) is 15.2. The molecule has 1 aromatic heterocycles. The molecule has 1 atom stereocenters. The second-order valence-corrected chi connectivity index (χ2v) is 7.46. The number of carboxylic acids is 1. The van der Waals surface area contributed by atoms with Crippen LogP contribution >= 0.6 is 11.8 Å². The van der Waals surface area contributed by atoms with E-state index in [1.165, 1.54) is 23.7 Å². The van der Waals surface area contributed by atoms with Crippen LogP contribution in [0, 0.1) is 18.3 Å². The van der Waals surface area contributed by atoms with E-state index in [0.717, 1.165) is 22.7 Å². The van der Waals surface area contributed by atoms with Crippen LogP contribution in [0.15, 0.2) is 23.4 Å². The lowest BCUT2D eigenvalue weighted by atomic mass is 10.1. The molecule has 0 spiro atoms. The molecule has 0 saturated heterocycles. The van der Waals surface area contributed by atoms with Crippen molar-refractivity contribution in [3.05, 3.63) is 23.8 Å². The zero-order valence-corrected chi connectivity index (χ0v) is 13.4. The maximum atomic E-state index is 10.8. The van der Waals surface area contributed by atoms with Gasteiger partial charge in [0.1, 0.15) is 0 Å². The summed E-state index contributed by atoms with van der Waals surface area (Å²) in [5.74, 6) is -0.100. The molecule has 1 fully saturated rings. The Labute approximate surface area is 128 Å². The first kappa shape index (κ1) is 14.4. The number of hydrogen-bond donors (Lipinski definition) is 1. The number of aromatic nitrogens is 2. The van der Waals surface area contributed by atoms with E-state index in [9.17, 15) is 4.79 Å². The number of nitrogens with zero attached hydrogens (tertiary/aromatic N) is 2. The van der Waals surface area contributed by atoms with Crippen LogP contribution in [-0.2, 0) is 11.3 Å². The minimum absolute atomic E-state index is 0.0520. The summed E-state index contributed by atoms with van der Waals surface area (Å²) in [4.78, 5) is 15.5. The molecule has 1 aliphatic carbocycles. The number of carboxylic acid groups (broad SMARTS) is 1. The second-order valence-electron chi connectivity index (χ2n) is 6.52. The van der Waals surface area contributed by atoms with Crippen molar-refractivity contribution in [1.82, 2.24) is 9.55 Å². The molecular weight excluding hydrogens is 284 g/mol. The van der Waals surface area contributed by atoms with Gasteiger partial charge in [-0.2, -0.15) is 0 Å². The quantitative estimate of drug-likeness (QED) is 0.858. The van der Waals surface area contributed by atoms with E-state index < -0.39 is 5.97 Å². The predicted octanol–water partition coefficient (Wildman–Crippen LogP) is 3.57. The third-order valence-electron chi connectivity index (χ3n) is 4.38. The molecule has 112 valence electrons. The van der Waals surface area contributed by atoms with E-state index in [1.807, 2.05) is 12.1 Å². The van der Waals surface area contributed by atoms with Gasteiger partial charge in [-0.1, -0.05) is 37.7 Å². The molecule has 1 heterocycles. The molecule has 2 aromatic rings. The maximum absolute atomic E-state index is 10.8. The van der Waals surface area contributed by atoms with Gasteiger partial charge < -0.3 is 9.67 Å². The maximum Gasteiger partial charge on any atom is 0.313 e. The van der Waals surface area contributed by atoms with Crippen molar-refractivity contribution < 1.29 is 9.90 Å². The topological polar surface area (TPSA) is 55.1 Å². The Morgan fingerprint density at radius 2 is 2.24 bits per heavy atom. The lowest BCUT2D eigenvalue weighted by Crippen LogP contribution is -2.07. The third-order valence-corrected chi connectivity index (χ3v) is 5.34. The van der Waals surface area contributed by atoms with Crippen LogP contribution in [0.4, 0.5) is 0 Å². The number of aryl methyl sites for hydroxylation is 1. The highest BCUT2D eigenvalue weighted by molar-refractivity contribution is 7.99. The average Bonchev–Trinajstić information content (AvgIpc) is 2.84. The molecule has 1 aliphatic rings. The molecule has 1 aromatic carbocycles. The Balaban J connectivity index is 2.00. The lowest BCUT2D eigenvalue weighted by molar-refractivity contribution is -0.133. The number of thioether (sulfide) groups is 1. The van der Waals surface area contributed by atoms with Crippen LogP contribution in [0.1, 0.15) is 25.8 Å². The van der Waals surface area contributed by atoms with Crippen LogP contribution in [0.2, 0.25) is 0 Å². The zero-order valence-electron chi connectivity index (χ0n) is 12.6. The molecule has 21 heavy (non-hydrogen) atoms. The summed E-state index contributed by atoms with van der Waals surface area (Å²) in [5, 5.41) is 9.74. The Kier molecular flexibility index (Phi) is 3.48. The van der Waals surface area contributed by atoms with Gasteiger partial charge in [0.25, 0.3) is 0 Å². The van der Waals surface area contributed by atoms with Gasteiger partial charge in [-0.25, -0.2) is 4.98 Å². The first-order valence-electron chi connectivity index (χ1n) is 7.19. The number of para-hydroxylation sites is 1. The van der Waals surface area contributed by atoms with E-state index >= 15 is 0 Å². The van der Waals surface area contributed by atoms with Crippen molar-refractivity contribution in [1.29, 1.82) is 0 Å². The van der Waals surface area contributed by atoms with E-state index in [1.54, 1.807) is 0 Å². The fourth-order valence-corrected chi connectivity index (χ4v) is 3.60. The van der Waals surface area contributed by atoms with Crippen molar-refractivity contribution in [3.8, 4) is 0 Å². The number of aliphatic carboxylic acids is 1. The fourth-order valence-electron chi connectivity index (χ4n) is 2.86. The van der Waals surface area contributed by atoms with Gasteiger partial charge in [-0.3, -0.25) is 4.79 Å². The molecule has 4 nitrogen and oxygen atoms in total. The van der Waals surface area contributed by atoms with E-state index in [4.69, 9.17) is 5.11 Å². The van der Waals surface area contributed by atoms with E-state index in [2.05, 4.69) is 36.4 Å². The fraction of sp³-hybridized carbons (Fsp3) is 0.500. The monoisotopic (exact) mass is 304 g/mol. The van der Waals surface area contributed by atoms with Crippen molar-refractivity contribution in [2.24, 2.45) is 11.3 Å². The van der Waals surface area contributed by atoms with Gasteiger partial charge >= 0.3 is 5.97 Å². The van der Waals surface area contributed by atoms with Gasteiger partial charge in [0.15, 0.2) is 5.16 Å². The van der Waals surface area contributed by atoms with Gasteiger partial charge in [0.2, 0.25) is 0 Å². The molecule has 0 aliphatic heterocycles. The van der Waals surface area contributed by atoms with Crippen molar-refractivity contribution in [3.63, 3.8) is 0 Å². The second kappa shape index (κ2) is 5.05. The van der Waals surface area contributed by atoms with Crippen molar-refractivity contribution >= 4 is 28.8 Å². The van der Waals surface area contributed by atoms with E-state index in [-0.39, 0.29) is 5.75 Å². The average molecular weight is 304 g/mol. The minimum Gasteiger partial charge on any atom is -0.481 e. The highest BCUT2D eigenvalue weighted by Gasteiger charge is 2.45. The van der Waals surface area contributed by atoms with Crippen LogP contribution < -0.4 is 0 Å². The largest absolute Gasteiger partial charge is 0.481 e. The summed E-state index contributed by atoms with van der Waals surface area (Å²) >= 11 is 1.31. The summed E-state index contributed by atoms with van der Waals surface area (Å²) in [6.07, 6.45) is 1.22. The summed E-state index contributed by atoms with van der Waals surface area (Å²) in [7, 11) is 0. The van der Waals surface area contributed by atoms with Crippen LogP contribution in [-0.4, -0.2) is 26.4 Å².